The SMILES string of the molecule is O=C(NCC1CCC1)c1cccc(Br)n1. The molecule has 0 atom stereocenters. The molecule has 0 radical (unpaired) electrons. The van der Waals surface area contributed by atoms with Gasteiger partial charge in [0, 0.05) is 6.54 Å². The lowest BCUT2D eigenvalue weighted by atomic mass is 9.85. The summed E-state index contributed by atoms with van der Waals surface area (Å²) in [6.07, 6.45) is 3.79. The second kappa shape index (κ2) is 4.75. The van der Waals surface area contributed by atoms with Crippen LogP contribution in [0.15, 0.2) is 22.8 Å². The van der Waals surface area contributed by atoms with Gasteiger partial charge in [0.15, 0.2) is 0 Å². The van der Waals surface area contributed by atoms with Crippen LogP contribution in [0.1, 0.15) is 29.8 Å². The van der Waals surface area contributed by atoms with Crippen LogP contribution in [0, 0.1) is 5.92 Å². The summed E-state index contributed by atoms with van der Waals surface area (Å²) in [5.41, 5.74) is 0.476. The van der Waals surface area contributed by atoms with Gasteiger partial charge in [-0.15, -0.1) is 0 Å². The molecule has 0 saturated heterocycles. The number of carbonyl (C=O) groups is 1. The summed E-state index contributed by atoms with van der Waals surface area (Å²) in [6, 6.07) is 5.35. The number of amides is 1. The third kappa shape index (κ3) is 2.78. The van der Waals surface area contributed by atoms with Crippen LogP contribution in [0.2, 0.25) is 0 Å². The number of hydrogen-bond donors (Lipinski definition) is 1. The maximum atomic E-state index is 11.6. The molecule has 1 amide bonds. The van der Waals surface area contributed by atoms with Gasteiger partial charge in [-0.05, 0) is 46.8 Å². The smallest absolute Gasteiger partial charge is 0.269 e. The monoisotopic (exact) mass is 268 g/mol. The number of nitrogens with zero attached hydrogens (tertiary/aromatic N) is 1. The maximum absolute atomic E-state index is 11.6. The van der Waals surface area contributed by atoms with Crippen molar-refractivity contribution in [3.63, 3.8) is 0 Å². The predicted molar refractivity (Wildman–Crippen MR) is 61.6 cm³/mol. The molecular formula is C11H13BrN2O. The summed E-state index contributed by atoms with van der Waals surface area (Å²) >= 11 is 3.24. The lowest BCUT2D eigenvalue weighted by molar-refractivity contribution is 0.0934. The molecule has 0 unspecified atom stereocenters. The average molecular weight is 269 g/mol. The van der Waals surface area contributed by atoms with Crippen LogP contribution in [0.5, 0.6) is 0 Å². The molecule has 1 N–H and O–H groups in total. The molecule has 1 saturated carbocycles. The molecule has 1 fully saturated rings. The first-order valence-corrected chi connectivity index (χ1v) is 5.96. The molecule has 0 bridgehead atoms. The number of hydrogen-bond acceptors (Lipinski definition) is 2. The highest BCUT2D eigenvalue weighted by Crippen LogP contribution is 2.25. The quantitative estimate of drug-likeness (QED) is 0.856. The average Bonchev–Trinajstić information content (AvgIpc) is 2.15. The van der Waals surface area contributed by atoms with Gasteiger partial charge in [0.25, 0.3) is 5.91 Å². The third-order valence-corrected chi connectivity index (χ3v) is 3.17. The Balaban J connectivity index is 1.89. The Morgan fingerprint density at radius 1 is 1.53 bits per heavy atom. The molecule has 1 aliphatic rings. The van der Waals surface area contributed by atoms with Gasteiger partial charge in [0.05, 0.1) is 0 Å². The minimum atomic E-state index is -0.0804. The number of aromatic nitrogens is 1. The topological polar surface area (TPSA) is 42.0 Å². The molecule has 0 aliphatic heterocycles. The summed E-state index contributed by atoms with van der Waals surface area (Å²) in [5.74, 6) is 0.601. The van der Waals surface area contributed by atoms with Crippen molar-refractivity contribution in [3.05, 3.63) is 28.5 Å². The minimum Gasteiger partial charge on any atom is -0.350 e. The van der Waals surface area contributed by atoms with E-state index < -0.39 is 0 Å². The van der Waals surface area contributed by atoms with Gasteiger partial charge in [-0.3, -0.25) is 4.79 Å². The van der Waals surface area contributed by atoms with Crippen molar-refractivity contribution < 1.29 is 4.79 Å². The molecule has 2 rings (SSSR count). The van der Waals surface area contributed by atoms with Gasteiger partial charge in [-0.1, -0.05) is 12.5 Å². The first-order chi connectivity index (χ1) is 7.25. The molecule has 3 nitrogen and oxygen atoms in total. The number of halogens is 1. The maximum Gasteiger partial charge on any atom is 0.269 e. The van der Waals surface area contributed by atoms with E-state index >= 15 is 0 Å². The van der Waals surface area contributed by atoms with Crippen LogP contribution in [-0.4, -0.2) is 17.4 Å². The third-order valence-electron chi connectivity index (χ3n) is 2.72. The van der Waals surface area contributed by atoms with Crippen molar-refractivity contribution in [1.82, 2.24) is 10.3 Å². The Morgan fingerprint density at radius 3 is 2.93 bits per heavy atom. The molecular weight excluding hydrogens is 256 g/mol. The summed E-state index contributed by atoms with van der Waals surface area (Å²) in [5, 5.41) is 2.91. The van der Waals surface area contributed by atoms with Crippen molar-refractivity contribution >= 4 is 21.8 Å². The van der Waals surface area contributed by atoms with E-state index in [1.54, 1.807) is 6.07 Å². The molecule has 1 aliphatic carbocycles. The highest BCUT2D eigenvalue weighted by atomic mass is 79.9. The summed E-state index contributed by atoms with van der Waals surface area (Å²) in [6.45, 7) is 0.785. The van der Waals surface area contributed by atoms with E-state index in [-0.39, 0.29) is 5.91 Å². The number of carbonyl (C=O) groups excluding carboxylic acids is 1. The van der Waals surface area contributed by atoms with E-state index in [1.165, 1.54) is 19.3 Å². The van der Waals surface area contributed by atoms with E-state index in [4.69, 9.17) is 0 Å². The van der Waals surface area contributed by atoms with Gasteiger partial charge in [0.1, 0.15) is 10.3 Å². The summed E-state index contributed by atoms with van der Waals surface area (Å²) in [4.78, 5) is 15.7. The summed E-state index contributed by atoms with van der Waals surface area (Å²) < 4.78 is 0.693. The Hall–Kier alpha value is -0.900. The van der Waals surface area contributed by atoms with Crippen LogP contribution in [0.4, 0.5) is 0 Å². The lowest BCUT2D eigenvalue weighted by Crippen LogP contribution is -2.32. The Morgan fingerprint density at radius 2 is 2.33 bits per heavy atom. The Bertz CT molecular complexity index is 363. The van der Waals surface area contributed by atoms with Crippen molar-refractivity contribution in [3.8, 4) is 0 Å². The largest absolute Gasteiger partial charge is 0.350 e. The van der Waals surface area contributed by atoms with Crippen molar-refractivity contribution in [2.24, 2.45) is 5.92 Å². The molecule has 80 valence electrons. The Kier molecular flexibility index (Phi) is 3.36. The highest BCUT2D eigenvalue weighted by molar-refractivity contribution is 9.10. The van der Waals surface area contributed by atoms with Crippen molar-refractivity contribution in [2.45, 2.75) is 19.3 Å². The van der Waals surface area contributed by atoms with Crippen molar-refractivity contribution in [1.29, 1.82) is 0 Å². The van der Waals surface area contributed by atoms with E-state index in [9.17, 15) is 4.79 Å². The Labute approximate surface area is 97.4 Å². The number of nitrogens with one attached hydrogen (secondary N) is 1. The molecule has 1 aromatic rings. The molecule has 4 heteroatoms. The lowest BCUT2D eigenvalue weighted by Gasteiger charge is -2.25. The fraction of sp³-hybridized carbons (Fsp3) is 0.455. The zero-order chi connectivity index (χ0) is 10.7. The van der Waals surface area contributed by atoms with Crippen LogP contribution in [0.25, 0.3) is 0 Å². The van der Waals surface area contributed by atoms with Crippen LogP contribution >= 0.6 is 15.9 Å². The standard InChI is InChI=1S/C11H13BrN2O/c12-10-6-2-5-9(14-10)11(15)13-7-8-3-1-4-8/h2,5-6,8H,1,3-4,7H2,(H,13,15). The zero-order valence-electron chi connectivity index (χ0n) is 8.37. The van der Waals surface area contributed by atoms with Crippen molar-refractivity contribution in [2.75, 3.05) is 6.54 Å². The van der Waals surface area contributed by atoms with E-state index in [0.717, 1.165) is 6.54 Å². The zero-order valence-corrected chi connectivity index (χ0v) is 9.96. The first-order valence-electron chi connectivity index (χ1n) is 5.16. The minimum absolute atomic E-state index is 0.0804. The first kappa shape index (κ1) is 10.6. The molecule has 1 heterocycles. The summed E-state index contributed by atoms with van der Waals surface area (Å²) in [7, 11) is 0. The normalized spacial score (nSPS) is 15.8. The highest BCUT2D eigenvalue weighted by Gasteiger charge is 2.18. The van der Waals surface area contributed by atoms with Crippen LogP contribution in [0.3, 0.4) is 0 Å². The molecule has 15 heavy (non-hydrogen) atoms. The van der Waals surface area contributed by atoms with E-state index in [0.29, 0.717) is 16.2 Å². The van der Waals surface area contributed by atoms with Gasteiger partial charge in [-0.25, -0.2) is 4.98 Å². The fourth-order valence-corrected chi connectivity index (χ4v) is 1.90. The number of pyridine rings is 1. The van der Waals surface area contributed by atoms with Gasteiger partial charge < -0.3 is 5.32 Å². The number of rotatable bonds is 3. The van der Waals surface area contributed by atoms with Gasteiger partial charge in [0.2, 0.25) is 0 Å². The van der Waals surface area contributed by atoms with E-state index in [2.05, 4.69) is 26.2 Å². The van der Waals surface area contributed by atoms with Gasteiger partial charge >= 0.3 is 0 Å². The molecule has 1 aromatic heterocycles. The van der Waals surface area contributed by atoms with Crippen LogP contribution < -0.4 is 5.32 Å². The fourth-order valence-electron chi connectivity index (χ4n) is 1.56. The van der Waals surface area contributed by atoms with Crippen LogP contribution in [-0.2, 0) is 0 Å². The predicted octanol–water partition coefficient (Wildman–Crippen LogP) is 2.37. The van der Waals surface area contributed by atoms with E-state index in [1.807, 2.05) is 12.1 Å². The second-order valence-corrected chi connectivity index (χ2v) is 4.66. The molecule has 0 aromatic carbocycles. The molecule has 0 spiro atoms. The van der Waals surface area contributed by atoms with Gasteiger partial charge in [-0.2, -0.15) is 0 Å². The second-order valence-electron chi connectivity index (χ2n) is 3.85.